The molecule has 63 heavy (non-hydrogen) atoms. The van der Waals surface area contributed by atoms with Crippen molar-refractivity contribution in [2.75, 3.05) is 14.2 Å². The summed E-state index contributed by atoms with van der Waals surface area (Å²) in [6.45, 7) is 13.0. The summed E-state index contributed by atoms with van der Waals surface area (Å²) in [7, 11) is -0.676. The van der Waals surface area contributed by atoms with Gasteiger partial charge in [-0.2, -0.15) is 0 Å². The Morgan fingerprint density at radius 2 is 1.00 bits per heavy atom. The maximum atomic E-state index is 13.1. The van der Waals surface area contributed by atoms with E-state index in [9.17, 15) is 4.79 Å². The van der Waals surface area contributed by atoms with Crippen LogP contribution in [0.3, 0.4) is 0 Å². The lowest BCUT2D eigenvalue weighted by Gasteiger charge is -2.25. The number of hydrogen-bond donors (Lipinski definition) is 0. The third-order valence-corrected chi connectivity index (χ3v) is 13.5. The van der Waals surface area contributed by atoms with Crippen molar-refractivity contribution in [1.82, 2.24) is 0 Å². The summed E-state index contributed by atoms with van der Waals surface area (Å²) in [6, 6.07) is 24.1. The largest absolute Gasteiger partial charge is 0.532 e. The number of fused-ring (bicyclic) bond motifs is 4. The van der Waals surface area contributed by atoms with Gasteiger partial charge < -0.3 is 36.0 Å². The number of benzene rings is 5. The molecule has 0 saturated carbocycles. The molecule has 1 atom stereocenters. The highest BCUT2D eigenvalue weighted by Gasteiger charge is 2.33. The van der Waals surface area contributed by atoms with Crippen LogP contribution in [0.25, 0.3) is 21.9 Å². The van der Waals surface area contributed by atoms with E-state index in [1.165, 1.54) is 0 Å². The second kappa shape index (κ2) is 21.5. The van der Waals surface area contributed by atoms with Crippen molar-refractivity contribution in [2.24, 2.45) is 0 Å². The first-order valence-electron chi connectivity index (χ1n) is 22.6. The fraction of sp³-hybridized carbons (Fsp3) is 0.404. The minimum atomic E-state index is -2.06. The highest BCUT2D eigenvalue weighted by Crippen LogP contribution is 2.50. The first-order valence-corrected chi connectivity index (χ1v) is 24.8. The van der Waals surface area contributed by atoms with Crippen LogP contribution in [0.4, 0.5) is 0 Å². The molecule has 1 aliphatic heterocycles. The van der Waals surface area contributed by atoms with Crippen molar-refractivity contribution >= 4 is 44.8 Å². The van der Waals surface area contributed by atoms with Gasteiger partial charge in [0.2, 0.25) is 0 Å². The average molecular weight is 893 g/mol. The van der Waals surface area contributed by atoms with Crippen LogP contribution in [0.15, 0.2) is 81.2 Å². The number of hydrogen-bond acceptors (Lipinski definition) is 9. The molecular weight excluding hydrogens is 831 g/mol. The van der Waals surface area contributed by atoms with Gasteiger partial charge in [-0.05, 0) is 129 Å². The molecule has 0 aliphatic carbocycles. The molecule has 0 saturated heterocycles. The predicted molar refractivity (Wildman–Crippen MR) is 255 cm³/mol. The number of methoxy groups -OCH3 is 2. The SMILES string of the molecule is CCCCc1cc(C)cc(Cc2cc(C)cc(CCCC)c2Op2oc3c(CCCC)cc(OC)cc3c3cc(OC)cc(CCCC)c3o2)c1OP1OC(=O)c2ccccc2O1. The smallest absolute Gasteiger partial charge is 0.497 e. The third kappa shape index (κ3) is 10.8. The van der Waals surface area contributed by atoms with Crippen molar-refractivity contribution in [3.63, 3.8) is 0 Å². The molecule has 1 aromatic heterocycles. The molecule has 0 fully saturated rings. The van der Waals surface area contributed by atoms with Crippen molar-refractivity contribution in [3.8, 4) is 28.7 Å². The Hall–Kier alpha value is -5.10. The summed E-state index contributed by atoms with van der Waals surface area (Å²) in [5.41, 5.74) is 10.3. The molecule has 0 N–H and O–H groups in total. The van der Waals surface area contributed by atoms with Crippen LogP contribution in [-0.4, -0.2) is 20.2 Å². The maximum absolute atomic E-state index is 13.1. The zero-order chi connectivity index (χ0) is 44.5. The van der Waals surface area contributed by atoms with Gasteiger partial charge in [-0.25, -0.2) is 4.79 Å². The van der Waals surface area contributed by atoms with Crippen LogP contribution < -0.4 is 23.0 Å². The summed E-state index contributed by atoms with van der Waals surface area (Å²) in [6.07, 6.45) is 11.7. The number of ether oxygens (including phenoxy) is 2. The van der Waals surface area contributed by atoms with E-state index in [0.29, 0.717) is 23.5 Å². The van der Waals surface area contributed by atoms with Crippen molar-refractivity contribution in [2.45, 2.75) is 125 Å². The second-order valence-corrected chi connectivity index (χ2v) is 18.5. The van der Waals surface area contributed by atoms with Gasteiger partial charge in [-0.1, -0.05) is 101 Å². The average Bonchev–Trinajstić information content (AvgIpc) is 3.44. The third-order valence-electron chi connectivity index (χ3n) is 11.5. The van der Waals surface area contributed by atoms with Crippen LogP contribution in [-0.2, 0) is 36.6 Å². The van der Waals surface area contributed by atoms with Gasteiger partial charge in [-0.15, -0.1) is 0 Å². The van der Waals surface area contributed by atoms with Crippen LogP contribution in [0, 0.1) is 13.8 Å². The van der Waals surface area contributed by atoms with Gasteiger partial charge in [0.15, 0.2) is 0 Å². The predicted octanol–water partition coefficient (Wildman–Crippen LogP) is 15.6. The van der Waals surface area contributed by atoms with E-state index in [-0.39, 0.29) is 0 Å². The lowest BCUT2D eigenvalue weighted by molar-refractivity contribution is 0.0697. The van der Waals surface area contributed by atoms with E-state index in [2.05, 4.69) is 77.9 Å². The fourth-order valence-electron chi connectivity index (χ4n) is 8.26. The minimum Gasteiger partial charge on any atom is -0.497 e. The van der Waals surface area contributed by atoms with Crippen LogP contribution in [0.2, 0.25) is 0 Å². The number of unbranched alkanes of at least 4 members (excludes halogenated alkanes) is 4. The molecule has 334 valence electrons. The fourth-order valence-corrected chi connectivity index (χ4v) is 10.5. The Kier molecular flexibility index (Phi) is 15.7. The Labute approximate surface area is 375 Å². The first kappa shape index (κ1) is 45.9. The molecule has 1 unspecified atom stereocenters. The zero-order valence-electron chi connectivity index (χ0n) is 38.2. The molecule has 9 nitrogen and oxygen atoms in total. The molecule has 6 aromatic rings. The van der Waals surface area contributed by atoms with E-state index in [0.717, 1.165) is 161 Å². The normalized spacial score (nSPS) is 13.4. The molecule has 2 heterocycles. The number of para-hydroxylation sites is 1. The van der Waals surface area contributed by atoms with E-state index in [1.54, 1.807) is 32.4 Å². The van der Waals surface area contributed by atoms with Crippen LogP contribution in [0.5, 0.6) is 28.7 Å². The number of aryl methyl sites for hydroxylation is 6. The van der Waals surface area contributed by atoms with Gasteiger partial charge in [0.1, 0.15) is 45.5 Å². The van der Waals surface area contributed by atoms with Crippen LogP contribution in [0.1, 0.15) is 134 Å². The molecular formula is C52H62O9P2. The summed E-state index contributed by atoms with van der Waals surface area (Å²) < 4.78 is 51.9. The molecule has 0 bridgehead atoms. The van der Waals surface area contributed by atoms with E-state index in [1.807, 2.05) is 18.2 Å². The number of carbonyl (C=O) groups is 1. The molecule has 7 rings (SSSR count). The lowest BCUT2D eigenvalue weighted by atomic mass is 9.93. The van der Waals surface area contributed by atoms with E-state index >= 15 is 0 Å². The first-order chi connectivity index (χ1) is 30.7. The lowest BCUT2D eigenvalue weighted by Crippen LogP contribution is -2.15. The van der Waals surface area contributed by atoms with Crippen molar-refractivity contribution < 1.29 is 40.8 Å². The summed E-state index contributed by atoms with van der Waals surface area (Å²) in [5.74, 6) is 2.95. The Morgan fingerprint density at radius 3 is 1.49 bits per heavy atom. The molecule has 5 aromatic carbocycles. The van der Waals surface area contributed by atoms with Gasteiger partial charge in [0.05, 0.1) is 14.2 Å². The van der Waals surface area contributed by atoms with Crippen molar-refractivity contribution in [3.05, 3.63) is 123 Å². The Bertz CT molecular complexity index is 2520. The van der Waals surface area contributed by atoms with Gasteiger partial charge in [0, 0.05) is 22.8 Å². The monoisotopic (exact) mass is 892 g/mol. The standard InChI is InChI=1S/C52H62O9P2/c1-9-13-19-36-25-34(5)27-40(48(36)57-62-56-47-24-18-17-23-44(47)52(53)61-62)29-41-28-35(6)26-37(20-14-10-2)49(41)58-63-59-50-38(21-15-11-3)30-42(54-7)32-45(50)46-33-43(55-8)31-39(22-16-12-4)51(46)60-63/h17-18,23-28,30-33H,9-16,19-22,29H2,1-8H3. The summed E-state index contributed by atoms with van der Waals surface area (Å²) in [5, 5.41) is 1.79. The summed E-state index contributed by atoms with van der Waals surface area (Å²) in [4.78, 5) is 13.1. The topological polar surface area (TPSA) is 98.7 Å². The minimum absolute atomic E-state index is 0.389. The van der Waals surface area contributed by atoms with Gasteiger partial charge in [0.25, 0.3) is 0 Å². The Balaban J connectivity index is 1.42. The van der Waals surface area contributed by atoms with E-state index < -0.39 is 22.8 Å². The Morgan fingerprint density at radius 1 is 0.540 bits per heavy atom. The highest BCUT2D eigenvalue weighted by atomic mass is 31.2. The van der Waals surface area contributed by atoms with Crippen LogP contribution >= 0.6 is 16.8 Å². The second-order valence-electron chi connectivity index (χ2n) is 16.5. The molecule has 11 heteroatoms. The highest BCUT2D eigenvalue weighted by molar-refractivity contribution is 7.43. The zero-order valence-corrected chi connectivity index (χ0v) is 40.0. The molecule has 0 radical (unpaired) electrons. The summed E-state index contributed by atoms with van der Waals surface area (Å²) >= 11 is 0. The maximum Gasteiger partial charge on any atom is 0.532 e. The molecule has 0 spiro atoms. The van der Waals surface area contributed by atoms with Crippen molar-refractivity contribution in [1.29, 1.82) is 0 Å². The van der Waals surface area contributed by atoms with E-state index in [4.69, 9.17) is 36.0 Å². The number of rotatable bonds is 20. The van der Waals surface area contributed by atoms with Gasteiger partial charge in [-0.3, -0.25) is 0 Å². The quantitative estimate of drug-likeness (QED) is 0.0694. The molecule has 1 aliphatic rings. The number of carbonyl (C=O) groups excluding carboxylic acids is 1. The van der Waals surface area contributed by atoms with Gasteiger partial charge >= 0.3 is 22.8 Å². The molecule has 0 amide bonds.